The van der Waals surface area contributed by atoms with Crippen LogP contribution in [0.15, 0.2) is 73.1 Å². The molecular weight excluding hydrogens is 833 g/mol. The number of likely N-dealkylation sites (tertiary alicyclic amines) is 1. The summed E-state index contributed by atoms with van der Waals surface area (Å²) in [5, 5.41) is 0. The standard InChI is InChI=1S/C13H27NO.C13H27N.C12H18N2.C12H19N.C11H17N/c1-11(2)7-5-6-8-14-9-12(3)15-13(4)10-14;1-12(2)8-9-13(3,4)14-10-6-5-7-11-14;1-10(2)14(12-6-7-12)9-11-5-3-4-8-13-11;1-4-13(11(2)3)10-12-8-6-5-7-9-12;1-9(2)4-6-11-7-5-10(3)12-8-11/h11-13H,5-10H2,1-4H3;12H,5-11H2,1-4H3;3-5,8,10,12H,6-7,9H2,1-2H3;5-9,11H,4,10H2,1-3H3;5,7-9H,4,6H2,1-3H3. The number of aromatic nitrogens is 2. The normalized spacial score (nSPS) is 17.9. The number of piperidine rings is 1. The zero-order chi connectivity index (χ0) is 50.5. The molecule has 0 amide bonds. The SMILES string of the molecule is CC(C)CCC(C)(C)N1CCCCC1.CC(C)CCCCN1CC(C)OC(C)C1.CC(C)N(Cc1ccccn1)C1CC1.CCN(Cc1ccccc1)C(C)C.Cc1ccc(CCC(C)C)cn1. The number of morpholine rings is 1. The van der Waals surface area contributed by atoms with Crippen molar-refractivity contribution in [2.45, 2.75) is 237 Å². The summed E-state index contributed by atoms with van der Waals surface area (Å²) in [7, 11) is 0. The monoisotopic (exact) mass is 941 g/mol. The molecule has 388 valence electrons. The molecular formula is C61H108N6O. The van der Waals surface area contributed by atoms with Crippen molar-refractivity contribution < 1.29 is 4.74 Å². The maximum absolute atomic E-state index is 5.72. The van der Waals surface area contributed by atoms with Gasteiger partial charge in [0.2, 0.25) is 0 Å². The quantitative estimate of drug-likeness (QED) is 0.105. The summed E-state index contributed by atoms with van der Waals surface area (Å²) in [5.41, 5.74) is 5.48. The minimum absolute atomic E-state index is 0.416. The van der Waals surface area contributed by atoms with E-state index in [4.69, 9.17) is 4.74 Å². The minimum atomic E-state index is 0.416. The second-order valence-corrected chi connectivity index (χ2v) is 22.9. The van der Waals surface area contributed by atoms with Crippen molar-refractivity contribution in [1.29, 1.82) is 0 Å². The van der Waals surface area contributed by atoms with E-state index in [1.807, 2.05) is 25.4 Å². The Morgan fingerprint density at radius 3 is 1.79 bits per heavy atom. The summed E-state index contributed by atoms with van der Waals surface area (Å²) in [5.74, 6) is 2.48. The highest BCUT2D eigenvalue weighted by atomic mass is 16.5. The van der Waals surface area contributed by atoms with Crippen LogP contribution in [-0.4, -0.2) is 105 Å². The van der Waals surface area contributed by atoms with Crippen LogP contribution in [0, 0.1) is 24.7 Å². The molecule has 4 heterocycles. The van der Waals surface area contributed by atoms with E-state index in [9.17, 15) is 0 Å². The van der Waals surface area contributed by atoms with Crippen molar-refractivity contribution in [3.05, 3.63) is 95.6 Å². The molecule has 3 aliphatic rings. The van der Waals surface area contributed by atoms with Gasteiger partial charge in [-0.1, -0.05) is 110 Å². The van der Waals surface area contributed by atoms with Crippen LogP contribution >= 0.6 is 0 Å². The average Bonchev–Trinajstić information content (AvgIpc) is 4.15. The average molecular weight is 942 g/mol. The van der Waals surface area contributed by atoms with Crippen LogP contribution in [0.25, 0.3) is 0 Å². The molecule has 0 radical (unpaired) electrons. The number of rotatable bonds is 20. The number of pyridine rings is 2. The lowest BCUT2D eigenvalue weighted by molar-refractivity contribution is -0.0682. The second-order valence-electron chi connectivity index (χ2n) is 22.9. The van der Waals surface area contributed by atoms with Crippen molar-refractivity contribution in [2.75, 3.05) is 39.3 Å². The highest BCUT2D eigenvalue weighted by molar-refractivity contribution is 5.15. The van der Waals surface area contributed by atoms with E-state index in [0.29, 0.717) is 29.8 Å². The molecule has 6 rings (SSSR count). The molecule has 68 heavy (non-hydrogen) atoms. The number of unbranched alkanes of at least 4 members (excludes halogenated alkanes) is 1. The second kappa shape index (κ2) is 34.6. The molecule has 1 aliphatic carbocycles. The first-order valence-electron chi connectivity index (χ1n) is 27.8. The van der Waals surface area contributed by atoms with E-state index in [2.05, 4.69) is 188 Å². The lowest BCUT2D eigenvalue weighted by Crippen LogP contribution is -2.46. The summed E-state index contributed by atoms with van der Waals surface area (Å²) in [4.78, 5) is 18.9. The lowest BCUT2D eigenvalue weighted by Gasteiger charge is -2.41. The summed E-state index contributed by atoms with van der Waals surface area (Å²) in [6.45, 7) is 45.5. The molecule has 2 atom stereocenters. The summed E-state index contributed by atoms with van der Waals surface area (Å²) < 4.78 is 5.72. The molecule has 2 aliphatic heterocycles. The third-order valence-electron chi connectivity index (χ3n) is 13.6. The van der Waals surface area contributed by atoms with Gasteiger partial charge in [-0.15, -0.1) is 0 Å². The summed E-state index contributed by atoms with van der Waals surface area (Å²) in [6, 6.07) is 23.1. The highest BCUT2D eigenvalue weighted by Crippen LogP contribution is 2.30. The van der Waals surface area contributed by atoms with Gasteiger partial charge < -0.3 is 4.74 Å². The van der Waals surface area contributed by atoms with Gasteiger partial charge in [0.05, 0.1) is 17.9 Å². The fourth-order valence-electron chi connectivity index (χ4n) is 9.05. The van der Waals surface area contributed by atoms with Crippen LogP contribution in [0.3, 0.4) is 0 Å². The fourth-order valence-corrected chi connectivity index (χ4v) is 9.05. The Morgan fingerprint density at radius 2 is 1.29 bits per heavy atom. The van der Waals surface area contributed by atoms with Crippen LogP contribution in [-0.2, 0) is 24.2 Å². The van der Waals surface area contributed by atoms with Crippen LogP contribution < -0.4 is 0 Å². The molecule has 0 spiro atoms. The van der Waals surface area contributed by atoms with Gasteiger partial charge in [0.1, 0.15) is 0 Å². The molecule has 3 aromatic rings. The smallest absolute Gasteiger partial charge is 0.0678 e. The fraction of sp³-hybridized carbons (Fsp3) is 0.738. The number of hydrogen-bond donors (Lipinski definition) is 0. The zero-order valence-electron chi connectivity index (χ0n) is 47.3. The Hall–Kier alpha value is -2.68. The van der Waals surface area contributed by atoms with Crippen molar-refractivity contribution in [2.24, 2.45) is 17.8 Å². The number of ether oxygens (including phenoxy) is 1. The predicted octanol–water partition coefficient (Wildman–Crippen LogP) is 15.0. The molecule has 7 heteroatoms. The van der Waals surface area contributed by atoms with Gasteiger partial charge in [0, 0.05) is 67.9 Å². The van der Waals surface area contributed by atoms with Crippen molar-refractivity contribution in [3.63, 3.8) is 0 Å². The highest BCUT2D eigenvalue weighted by Gasteiger charge is 2.31. The number of hydrogen-bond acceptors (Lipinski definition) is 7. The number of nitrogens with zero attached hydrogens (tertiary/aromatic N) is 6. The molecule has 7 nitrogen and oxygen atoms in total. The maximum atomic E-state index is 5.72. The maximum Gasteiger partial charge on any atom is 0.0678 e. The Bertz CT molecular complexity index is 1610. The molecule has 2 saturated heterocycles. The van der Waals surface area contributed by atoms with Gasteiger partial charge in [-0.25, -0.2) is 0 Å². The third-order valence-corrected chi connectivity index (χ3v) is 13.6. The molecule has 0 bridgehead atoms. The topological polar surface area (TPSA) is 48.0 Å². The van der Waals surface area contributed by atoms with E-state index >= 15 is 0 Å². The van der Waals surface area contributed by atoms with Crippen molar-refractivity contribution in [1.82, 2.24) is 29.6 Å². The van der Waals surface area contributed by atoms with E-state index in [1.165, 1.54) is 107 Å². The summed E-state index contributed by atoms with van der Waals surface area (Å²) >= 11 is 0. The number of benzene rings is 1. The first kappa shape index (κ1) is 61.4. The zero-order valence-corrected chi connectivity index (χ0v) is 47.3. The Kier molecular flexibility index (Phi) is 31.3. The van der Waals surface area contributed by atoms with E-state index < -0.39 is 0 Å². The van der Waals surface area contributed by atoms with Gasteiger partial charge in [0.15, 0.2) is 0 Å². The molecule has 0 N–H and O–H groups in total. The molecule has 3 fully saturated rings. The lowest BCUT2D eigenvalue weighted by atomic mass is 9.90. The third kappa shape index (κ3) is 28.9. The van der Waals surface area contributed by atoms with E-state index in [1.54, 1.807) is 0 Å². The summed E-state index contributed by atoms with van der Waals surface area (Å²) in [6.07, 6.45) is 20.9. The van der Waals surface area contributed by atoms with Crippen LogP contribution in [0.1, 0.15) is 197 Å². The molecule has 2 unspecified atom stereocenters. The van der Waals surface area contributed by atoms with E-state index in [-0.39, 0.29) is 0 Å². The first-order valence-corrected chi connectivity index (χ1v) is 27.8. The Morgan fingerprint density at radius 1 is 0.676 bits per heavy atom. The molecule has 1 aromatic carbocycles. The van der Waals surface area contributed by atoms with Gasteiger partial charge >= 0.3 is 0 Å². The van der Waals surface area contributed by atoms with Gasteiger partial charge in [0.25, 0.3) is 0 Å². The van der Waals surface area contributed by atoms with Gasteiger partial charge in [-0.3, -0.25) is 29.6 Å². The Balaban J connectivity index is 0.000000292. The first-order chi connectivity index (χ1) is 32.3. The Labute approximate surface area is 422 Å². The van der Waals surface area contributed by atoms with E-state index in [0.717, 1.165) is 68.6 Å². The van der Waals surface area contributed by atoms with Crippen LogP contribution in [0.4, 0.5) is 0 Å². The van der Waals surface area contributed by atoms with Crippen molar-refractivity contribution >= 4 is 0 Å². The predicted molar refractivity (Wildman–Crippen MR) is 296 cm³/mol. The van der Waals surface area contributed by atoms with Gasteiger partial charge in [-0.2, -0.15) is 0 Å². The number of aryl methyl sites for hydroxylation is 2. The van der Waals surface area contributed by atoms with Crippen LogP contribution in [0.5, 0.6) is 0 Å². The van der Waals surface area contributed by atoms with Crippen LogP contribution in [0.2, 0.25) is 0 Å². The molecule has 2 aromatic heterocycles. The molecule has 1 saturated carbocycles. The minimum Gasteiger partial charge on any atom is -0.373 e. The largest absolute Gasteiger partial charge is 0.373 e. The van der Waals surface area contributed by atoms with Crippen molar-refractivity contribution in [3.8, 4) is 0 Å². The van der Waals surface area contributed by atoms with Gasteiger partial charge in [-0.05, 0) is 193 Å².